The third-order valence-electron chi connectivity index (χ3n) is 4.12. The Labute approximate surface area is 131 Å². The van der Waals surface area contributed by atoms with Crippen molar-refractivity contribution in [1.82, 2.24) is 9.97 Å². The number of carbonyl (C=O) groups is 1. The molecule has 1 saturated heterocycles. The number of nitrogens with zero attached hydrogens (tertiary/aromatic N) is 4. The van der Waals surface area contributed by atoms with Crippen LogP contribution in [0.2, 0.25) is 0 Å². The summed E-state index contributed by atoms with van der Waals surface area (Å²) in [6, 6.07) is 4.18. The third kappa shape index (κ3) is 2.40. The van der Waals surface area contributed by atoms with Crippen molar-refractivity contribution in [2.24, 2.45) is 11.8 Å². The maximum atomic E-state index is 11.9. The summed E-state index contributed by atoms with van der Waals surface area (Å²) >= 11 is 1.54. The van der Waals surface area contributed by atoms with Crippen molar-refractivity contribution in [3.8, 4) is 6.07 Å². The zero-order valence-corrected chi connectivity index (χ0v) is 12.8. The number of pyridine rings is 1. The molecule has 2 aromatic heterocycles. The minimum Gasteiger partial charge on any atom is -0.347 e. The van der Waals surface area contributed by atoms with E-state index in [-0.39, 0.29) is 17.7 Å². The Hall–Kier alpha value is -2.20. The molecule has 1 N–H and O–H groups in total. The van der Waals surface area contributed by atoms with Crippen LogP contribution >= 0.6 is 11.3 Å². The summed E-state index contributed by atoms with van der Waals surface area (Å²) in [4.78, 5) is 23.0. The van der Waals surface area contributed by atoms with Gasteiger partial charge in [0, 0.05) is 25.2 Å². The van der Waals surface area contributed by atoms with Crippen LogP contribution in [0.3, 0.4) is 0 Å². The summed E-state index contributed by atoms with van der Waals surface area (Å²) in [5, 5.41) is 12.8. The molecule has 112 valence electrons. The van der Waals surface area contributed by atoms with Crippen molar-refractivity contribution >= 4 is 38.4 Å². The zero-order valence-electron chi connectivity index (χ0n) is 12.0. The molecule has 0 spiro atoms. The lowest BCUT2D eigenvalue weighted by atomic mass is 10.1. The van der Waals surface area contributed by atoms with Gasteiger partial charge in [-0.2, -0.15) is 5.26 Å². The predicted molar refractivity (Wildman–Crippen MR) is 84.7 cm³/mol. The molecule has 2 aliphatic rings. The number of amides is 1. The maximum Gasteiger partial charge on any atom is 0.228 e. The van der Waals surface area contributed by atoms with Crippen LogP contribution in [0.15, 0.2) is 12.3 Å². The Balaban J connectivity index is 1.63. The number of fused-ring (bicyclic) bond motifs is 1. The molecule has 2 aromatic rings. The Morgan fingerprint density at radius 3 is 3.05 bits per heavy atom. The Morgan fingerprint density at radius 2 is 2.32 bits per heavy atom. The first-order valence-electron chi connectivity index (χ1n) is 7.45. The Morgan fingerprint density at radius 1 is 1.45 bits per heavy atom. The summed E-state index contributed by atoms with van der Waals surface area (Å²) in [5.74, 6) is 0.897. The van der Waals surface area contributed by atoms with E-state index in [9.17, 15) is 4.79 Å². The summed E-state index contributed by atoms with van der Waals surface area (Å²) in [6.45, 7) is 1.59. The van der Waals surface area contributed by atoms with Crippen LogP contribution < -0.4 is 10.2 Å². The molecule has 1 amide bonds. The van der Waals surface area contributed by atoms with Crippen molar-refractivity contribution < 1.29 is 4.79 Å². The molecule has 4 rings (SSSR count). The highest BCUT2D eigenvalue weighted by atomic mass is 32.1. The van der Waals surface area contributed by atoms with Crippen LogP contribution in [0, 0.1) is 23.2 Å². The van der Waals surface area contributed by atoms with Crippen LogP contribution in [0.5, 0.6) is 0 Å². The van der Waals surface area contributed by atoms with Crippen molar-refractivity contribution in [2.75, 3.05) is 23.3 Å². The Bertz CT molecular complexity index is 776. The molecule has 1 unspecified atom stereocenters. The fourth-order valence-corrected chi connectivity index (χ4v) is 3.71. The summed E-state index contributed by atoms with van der Waals surface area (Å²) in [7, 11) is 0. The van der Waals surface area contributed by atoms with E-state index in [0.29, 0.717) is 5.82 Å². The molecule has 0 aromatic carbocycles. The number of rotatable bonds is 3. The van der Waals surface area contributed by atoms with Crippen LogP contribution in [0.4, 0.5) is 10.9 Å². The largest absolute Gasteiger partial charge is 0.347 e. The van der Waals surface area contributed by atoms with Crippen molar-refractivity contribution in [3.05, 3.63) is 12.3 Å². The number of hydrogen-bond donors (Lipinski definition) is 1. The average molecular weight is 313 g/mol. The van der Waals surface area contributed by atoms with Gasteiger partial charge >= 0.3 is 0 Å². The van der Waals surface area contributed by atoms with E-state index in [1.165, 1.54) is 11.3 Å². The first-order chi connectivity index (χ1) is 10.7. The van der Waals surface area contributed by atoms with E-state index in [2.05, 4.69) is 26.3 Å². The second-order valence-electron chi connectivity index (χ2n) is 5.83. The van der Waals surface area contributed by atoms with E-state index in [0.717, 1.165) is 47.7 Å². The molecule has 22 heavy (non-hydrogen) atoms. The van der Waals surface area contributed by atoms with Crippen LogP contribution in [0.25, 0.3) is 10.2 Å². The summed E-state index contributed by atoms with van der Waals surface area (Å²) in [5.41, 5.74) is 0.849. The quantitative estimate of drug-likeness (QED) is 0.941. The van der Waals surface area contributed by atoms with Crippen LogP contribution in [0.1, 0.15) is 19.3 Å². The van der Waals surface area contributed by atoms with Gasteiger partial charge in [0.15, 0.2) is 10.9 Å². The number of nitriles is 1. The summed E-state index contributed by atoms with van der Waals surface area (Å²) in [6.07, 6.45) is 4.50. The molecule has 0 bridgehead atoms. The first-order valence-corrected chi connectivity index (χ1v) is 8.27. The van der Waals surface area contributed by atoms with Gasteiger partial charge in [0.25, 0.3) is 0 Å². The highest BCUT2D eigenvalue weighted by Crippen LogP contribution is 2.36. The average Bonchev–Trinajstić information content (AvgIpc) is 3.11. The van der Waals surface area contributed by atoms with Crippen molar-refractivity contribution in [2.45, 2.75) is 19.3 Å². The molecule has 7 heteroatoms. The van der Waals surface area contributed by atoms with Gasteiger partial charge in [-0.3, -0.25) is 4.79 Å². The van der Waals surface area contributed by atoms with Gasteiger partial charge in [-0.15, -0.1) is 0 Å². The number of anilines is 2. The molecule has 1 aliphatic heterocycles. The lowest BCUT2D eigenvalue weighted by Gasteiger charge is -2.12. The lowest BCUT2D eigenvalue weighted by molar-refractivity contribution is -0.117. The number of carbonyl (C=O) groups excluding carboxylic acids is 1. The van der Waals surface area contributed by atoms with Crippen molar-refractivity contribution in [3.63, 3.8) is 0 Å². The fraction of sp³-hybridized carbons (Fsp3) is 0.467. The number of nitrogens with one attached hydrogen (secondary N) is 1. The van der Waals surface area contributed by atoms with Crippen LogP contribution in [-0.2, 0) is 4.79 Å². The molecular formula is C15H15N5OS. The van der Waals surface area contributed by atoms with Gasteiger partial charge in [0.1, 0.15) is 0 Å². The van der Waals surface area contributed by atoms with E-state index in [1.807, 2.05) is 6.07 Å². The van der Waals surface area contributed by atoms with Gasteiger partial charge < -0.3 is 10.2 Å². The normalized spacial score (nSPS) is 21.0. The molecule has 3 heterocycles. The fourth-order valence-electron chi connectivity index (χ4n) is 2.67. The predicted octanol–water partition coefficient (Wildman–Crippen LogP) is 2.39. The number of hydrogen-bond acceptors (Lipinski definition) is 6. The van der Waals surface area contributed by atoms with E-state index in [1.54, 1.807) is 6.20 Å². The van der Waals surface area contributed by atoms with Gasteiger partial charge in [0.2, 0.25) is 5.91 Å². The van der Waals surface area contributed by atoms with E-state index >= 15 is 0 Å². The minimum atomic E-state index is 0.0562. The minimum absolute atomic E-state index is 0.0562. The SMILES string of the molecule is N#CC1CCN(c2nc3ccnc(NC(=O)C4CC4)c3s2)C1. The van der Waals surface area contributed by atoms with Gasteiger partial charge in [-0.1, -0.05) is 11.3 Å². The third-order valence-corrected chi connectivity index (χ3v) is 5.26. The highest BCUT2D eigenvalue weighted by Gasteiger charge is 2.30. The molecule has 1 atom stereocenters. The lowest BCUT2D eigenvalue weighted by Crippen LogP contribution is -2.18. The molecule has 1 aliphatic carbocycles. The maximum absolute atomic E-state index is 11.9. The molecule has 6 nitrogen and oxygen atoms in total. The second-order valence-corrected chi connectivity index (χ2v) is 6.81. The molecule has 1 saturated carbocycles. The van der Waals surface area contributed by atoms with Gasteiger partial charge in [0.05, 0.1) is 22.2 Å². The van der Waals surface area contributed by atoms with Gasteiger partial charge in [-0.25, -0.2) is 9.97 Å². The summed E-state index contributed by atoms with van der Waals surface area (Å²) < 4.78 is 0.909. The molecular weight excluding hydrogens is 298 g/mol. The zero-order chi connectivity index (χ0) is 15.1. The Kier molecular flexibility index (Phi) is 3.19. The topological polar surface area (TPSA) is 81.9 Å². The standard InChI is InChI=1S/C15H15N5OS/c16-7-9-4-6-20(8-9)15-18-11-3-5-17-13(12(11)22-15)19-14(21)10-1-2-10/h3,5,9-10H,1-2,4,6,8H2,(H,17,19,21). The molecule has 0 radical (unpaired) electrons. The smallest absolute Gasteiger partial charge is 0.228 e. The highest BCUT2D eigenvalue weighted by molar-refractivity contribution is 7.22. The van der Waals surface area contributed by atoms with E-state index < -0.39 is 0 Å². The number of aromatic nitrogens is 2. The first kappa shape index (κ1) is 13.5. The van der Waals surface area contributed by atoms with Crippen LogP contribution in [-0.4, -0.2) is 29.0 Å². The van der Waals surface area contributed by atoms with E-state index in [4.69, 9.17) is 5.26 Å². The molecule has 2 fully saturated rings. The second kappa shape index (κ2) is 5.21. The van der Waals surface area contributed by atoms with Crippen molar-refractivity contribution in [1.29, 1.82) is 5.26 Å². The number of thiazole rings is 1. The monoisotopic (exact) mass is 313 g/mol. The van der Waals surface area contributed by atoms with Gasteiger partial charge in [-0.05, 0) is 25.3 Å².